The Morgan fingerprint density at radius 1 is 1.07 bits per heavy atom. The van der Waals surface area contributed by atoms with E-state index in [1.165, 1.54) is 0 Å². The van der Waals surface area contributed by atoms with Gasteiger partial charge in [-0.25, -0.2) is 9.97 Å². The average Bonchev–Trinajstić information content (AvgIpc) is 3.13. The molecule has 0 spiro atoms. The number of ether oxygens (including phenoxy) is 1. The molecule has 0 atom stereocenters. The number of nitrogens with zero attached hydrogens (tertiary/aromatic N) is 4. The fourth-order valence-corrected chi connectivity index (χ4v) is 3.28. The molecule has 7 heteroatoms. The Kier molecular flexibility index (Phi) is 4.79. The van der Waals surface area contributed by atoms with Crippen LogP contribution < -0.4 is 15.0 Å². The third-order valence-corrected chi connectivity index (χ3v) is 4.82. The van der Waals surface area contributed by atoms with Crippen molar-refractivity contribution in [3.8, 4) is 17.0 Å². The molecule has 0 radical (unpaired) electrons. The van der Waals surface area contributed by atoms with Crippen LogP contribution in [-0.2, 0) is 0 Å². The van der Waals surface area contributed by atoms with Crippen LogP contribution in [0, 0.1) is 0 Å². The second-order valence-electron chi connectivity index (χ2n) is 6.53. The summed E-state index contributed by atoms with van der Waals surface area (Å²) >= 11 is 6.29. The highest BCUT2D eigenvalue weighted by molar-refractivity contribution is 6.32. The Bertz CT molecular complexity index is 1120. The molecule has 0 aliphatic heterocycles. The Hall–Kier alpha value is -3.25. The van der Waals surface area contributed by atoms with Gasteiger partial charge in [0.05, 0.1) is 24.0 Å². The summed E-state index contributed by atoms with van der Waals surface area (Å²) < 4.78 is 7.22. The van der Waals surface area contributed by atoms with Crippen LogP contribution in [0.4, 0.5) is 17.2 Å². The summed E-state index contributed by atoms with van der Waals surface area (Å²) in [5, 5.41) is 3.91. The molecule has 0 saturated heterocycles. The summed E-state index contributed by atoms with van der Waals surface area (Å²) in [6, 6.07) is 13.8. The van der Waals surface area contributed by atoms with Crippen LogP contribution in [0.15, 0.2) is 61.1 Å². The first-order valence-corrected chi connectivity index (χ1v) is 9.15. The van der Waals surface area contributed by atoms with Gasteiger partial charge in [-0.15, -0.1) is 0 Å². The van der Waals surface area contributed by atoms with Gasteiger partial charge in [0.15, 0.2) is 11.5 Å². The zero-order chi connectivity index (χ0) is 19.7. The van der Waals surface area contributed by atoms with E-state index in [0.29, 0.717) is 16.6 Å². The molecule has 2 aromatic heterocycles. The van der Waals surface area contributed by atoms with Crippen LogP contribution in [0.3, 0.4) is 0 Å². The molecule has 0 bridgehead atoms. The molecule has 0 unspecified atom stereocenters. The number of halogens is 1. The SMILES string of the molecule is COc1ccc(-c2cnc3c(Nc4ccc(N(C)C)cc4)nccn23)cc1Cl. The average molecular weight is 394 g/mol. The number of imidazole rings is 1. The molecule has 4 rings (SSSR count). The van der Waals surface area contributed by atoms with Crippen molar-refractivity contribution in [2.75, 3.05) is 31.4 Å². The molecular formula is C21H20ClN5O. The molecule has 2 heterocycles. The van der Waals surface area contributed by atoms with Crippen molar-refractivity contribution in [2.45, 2.75) is 0 Å². The number of hydrogen-bond donors (Lipinski definition) is 1. The second-order valence-corrected chi connectivity index (χ2v) is 6.94. The Balaban J connectivity index is 1.69. The third-order valence-electron chi connectivity index (χ3n) is 4.52. The van der Waals surface area contributed by atoms with Crippen molar-refractivity contribution in [3.63, 3.8) is 0 Å². The third kappa shape index (κ3) is 3.34. The number of rotatable bonds is 5. The van der Waals surface area contributed by atoms with Crippen LogP contribution in [0.2, 0.25) is 5.02 Å². The maximum absolute atomic E-state index is 6.29. The lowest BCUT2D eigenvalue weighted by molar-refractivity contribution is 0.415. The smallest absolute Gasteiger partial charge is 0.180 e. The standard InChI is InChI=1S/C21H20ClN5O/c1-26(2)16-7-5-15(6-8-16)25-20-21-24-13-18(27(21)11-10-23-20)14-4-9-19(28-3)17(22)12-14/h4-13H,1-3H3,(H,23,25). The predicted molar refractivity (Wildman–Crippen MR) is 114 cm³/mol. The summed E-state index contributed by atoms with van der Waals surface area (Å²) in [4.78, 5) is 11.1. The van der Waals surface area contributed by atoms with Crippen LogP contribution in [0.5, 0.6) is 5.75 Å². The van der Waals surface area contributed by atoms with Crippen molar-refractivity contribution >= 4 is 34.4 Å². The zero-order valence-electron chi connectivity index (χ0n) is 15.8. The highest BCUT2D eigenvalue weighted by Crippen LogP contribution is 2.31. The van der Waals surface area contributed by atoms with Gasteiger partial charge in [-0.05, 0) is 42.5 Å². The molecule has 142 valence electrons. The molecule has 0 aliphatic rings. The molecule has 2 aromatic carbocycles. The lowest BCUT2D eigenvalue weighted by Gasteiger charge is -2.13. The molecule has 4 aromatic rings. The summed E-state index contributed by atoms with van der Waals surface area (Å²) in [5.41, 5.74) is 4.69. The van der Waals surface area contributed by atoms with Crippen molar-refractivity contribution in [1.29, 1.82) is 0 Å². The summed E-state index contributed by atoms with van der Waals surface area (Å²) in [7, 11) is 5.63. The largest absolute Gasteiger partial charge is 0.495 e. The van der Waals surface area contributed by atoms with E-state index in [1.54, 1.807) is 13.3 Å². The molecule has 0 amide bonds. The van der Waals surface area contributed by atoms with Gasteiger partial charge >= 0.3 is 0 Å². The zero-order valence-corrected chi connectivity index (χ0v) is 16.6. The van der Waals surface area contributed by atoms with Gasteiger partial charge in [-0.3, -0.25) is 4.40 Å². The number of fused-ring (bicyclic) bond motifs is 1. The van der Waals surface area contributed by atoms with Crippen molar-refractivity contribution in [1.82, 2.24) is 14.4 Å². The normalized spacial score (nSPS) is 10.9. The van der Waals surface area contributed by atoms with Crippen molar-refractivity contribution < 1.29 is 4.74 Å². The highest BCUT2D eigenvalue weighted by atomic mass is 35.5. The van der Waals surface area contributed by atoms with Gasteiger partial charge in [0.1, 0.15) is 5.75 Å². The number of methoxy groups -OCH3 is 1. The molecule has 0 fully saturated rings. The quantitative estimate of drug-likeness (QED) is 0.524. The van der Waals surface area contributed by atoms with Crippen molar-refractivity contribution in [2.24, 2.45) is 0 Å². The van der Waals surface area contributed by atoms with Gasteiger partial charge in [-0.2, -0.15) is 0 Å². The van der Waals surface area contributed by atoms with E-state index in [4.69, 9.17) is 16.3 Å². The minimum absolute atomic E-state index is 0.559. The minimum atomic E-state index is 0.559. The monoisotopic (exact) mass is 393 g/mol. The van der Waals surface area contributed by atoms with E-state index in [-0.39, 0.29) is 0 Å². The van der Waals surface area contributed by atoms with Gasteiger partial charge in [0, 0.05) is 43.4 Å². The Morgan fingerprint density at radius 2 is 1.86 bits per heavy atom. The number of anilines is 3. The predicted octanol–water partition coefficient (Wildman–Crippen LogP) is 4.87. The van der Waals surface area contributed by atoms with E-state index in [0.717, 1.165) is 28.3 Å². The van der Waals surface area contributed by atoms with E-state index < -0.39 is 0 Å². The second kappa shape index (κ2) is 7.40. The fourth-order valence-electron chi connectivity index (χ4n) is 3.03. The lowest BCUT2D eigenvalue weighted by Crippen LogP contribution is -2.08. The van der Waals surface area contributed by atoms with E-state index in [9.17, 15) is 0 Å². The topological polar surface area (TPSA) is 54.7 Å². The van der Waals surface area contributed by atoms with E-state index in [2.05, 4.69) is 32.3 Å². The van der Waals surface area contributed by atoms with Crippen LogP contribution in [0.25, 0.3) is 16.9 Å². The first kappa shape index (κ1) is 18.1. The van der Waals surface area contributed by atoms with Gasteiger partial charge in [-0.1, -0.05) is 11.6 Å². The summed E-state index contributed by atoms with van der Waals surface area (Å²) in [5.74, 6) is 1.33. The molecule has 0 aliphatic carbocycles. The molecular weight excluding hydrogens is 374 g/mol. The number of hydrogen-bond acceptors (Lipinski definition) is 5. The summed E-state index contributed by atoms with van der Waals surface area (Å²) in [6.07, 6.45) is 5.45. The van der Waals surface area contributed by atoms with Gasteiger partial charge < -0.3 is 15.0 Å². The Labute approximate surface area is 168 Å². The summed E-state index contributed by atoms with van der Waals surface area (Å²) in [6.45, 7) is 0. The van der Waals surface area contributed by atoms with Crippen LogP contribution in [0.1, 0.15) is 0 Å². The number of aromatic nitrogens is 3. The first-order valence-electron chi connectivity index (χ1n) is 8.77. The first-order chi connectivity index (χ1) is 13.6. The molecule has 1 N–H and O–H groups in total. The highest BCUT2D eigenvalue weighted by Gasteiger charge is 2.12. The van der Waals surface area contributed by atoms with Crippen LogP contribution >= 0.6 is 11.6 Å². The molecule has 6 nitrogen and oxygen atoms in total. The lowest BCUT2D eigenvalue weighted by atomic mass is 10.1. The minimum Gasteiger partial charge on any atom is -0.495 e. The van der Waals surface area contributed by atoms with Gasteiger partial charge in [0.25, 0.3) is 0 Å². The fraction of sp³-hybridized carbons (Fsp3) is 0.143. The van der Waals surface area contributed by atoms with Crippen molar-refractivity contribution in [3.05, 3.63) is 66.1 Å². The number of nitrogens with one attached hydrogen (secondary N) is 1. The van der Waals surface area contributed by atoms with E-state index in [1.807, 2.05) is 61.2 Å². The maximum Gasteiger partial charge on any atom is 0.180 e. The van der Waals surface area contributed by atoms with Gasteiger partial charge in [0.2, 0.25) is 0 Å². The molecule has 28 heavy (non-hydrogen) atoms. The maximum atomic E-state index is 6.29. The Morgan fingerprint density at radius 3 is 2.54 bits per heavy atom. The molecule has 0 saturated carbocycles. The number of benzene rings is 2. The van der Waals surface area contributed by atoms with E-state index >= 15 is 0 Å². The van der Waals surface area contributed by atoms with Crippen LogP contribution in [-0.4, -0.2) is 35.6 Å².